The van der Waals surface area contributed by atoms with E-state index in [4.69, 9.17) is 14.0 Å². The van der Waals surface area contributed by atoms with Gasteiger partial charge in [-0.1, -0.05) is 29.4 Å². The molecule has 2 aromatic carbocycles. The molecule has 1 atom stereocenters. The third kappa shape index (κ3) is 5.23. The Morgan fingerprint density at radius 3 is 2.84 bits per heavy atom. The van der Waals surface area contributed by atoms with Gasteiger partial charge in [-0.2, -0.15) is 4.31 Å². The Kier molecular flexibility index (Phi) is 6.98. The topological polar surface area (TPSA) is 111 Å². The zero-order chi connectivity index (χ0) is 26.0. The number of carbonyl (C=O) groups excluding carboxylic acids is 1. The van der Waals surface area contributed by atoms with Crippen molar-refractivity contribution < 1.29 is 31.6 Å². The highest BCUT2D eigenvalue weighted by Gasteiger charge is 2.37. The molecule has 2 aliphatic rings. The largest absolute Gasteiger partial charge is 0.454 e. The highest BCUT2D eigenvalue weighted by Crippen LogP contribution is 2.33. The first kappa shape index (κ1) is 25.0. The predicted octanol–water partition coefficient (Wildman–Crippen LogP) is 3.74. The van der Waals surface area contributed by atoms with Gasteiger partial charge >= 0.3 is 0 Å². The quantitative estimate of drug-likeness (QED) is 0.498. The number of hydrogen-bond donors (Lipinski definition) is 1. The van der Waals surface area contributed by atoms with E-state index in [-0.39, 0.29) is 54.2 Å². The molecule has 3 heterocycles. The van der Waals surface area contributed by atoms with Gasteiger partial charge in [0, 0.05) is 25.2 Å². The van der Waals surface area contributed by atoms with Crippen LogP contribution in [0.25, 0.3) is 12.2 Å². The first-order valence-corrected chi connectivity index (χ1v) is 13.3. The van der Waals surface area contributed by atoms with Crippen LogP contribution in [0.5, 0.6) is 11.5 Å². The second kappa shape index (κ2) is 10.3. The lowest BCUT2D eigenvalue weighted by atomic mass is 9.98. The molecular weight excluding hydrogens is 501 g/mol. The molecule has 1 saturated heterocycles. The van der Waals surface area contributed by atoms with Crippen LogP contribution >= 0.6 is 0 Å². The second-order valence-electron chi connectivity index (χ2n) is 8.92. The number of nitrogens with zero attached hydrogens (tertiary/aromatic N) is 2. The highest BCUT2D eigenvalue weighted by molar-refractivity contribution is 7.89. The summed E-state index contributed by atoms with van der Waals surface area (Å²) in [4.78, 5) is 12.8. The molecule has 37 heavy (non-hydrogen) atoms. The number of ether oxygens (including phenoxy) is 2. The number of fused-ring (bicyclic) bond motifs is 1. The molecule has 1 amide bonds. The molecule has 194 valence electrons. The second-order valence-corrected chi connectivity index (χ2v) is 10.8. The van der Waals surface area contributed by atoms with Crippen LogP contribution in [0.15, 0.2) is 51.9 Å². The van der Waals surface area contributed by atoms with Gasteiger partial charge in [0.1, 0.15) is 11.5 Å². The van der Waals surface area contributed by atoms with Crippen molar-refractivity contribution in [1.82, 2.24) is 14.8 Å². The predicted molar refractivity (Wildman–Crippen MR) is 132 cm³/mol. The van der Waals surface area contributed by atoms with Gasteiger partial charge in [-0.15, -0.1) is 0 Å². The van der Waals surface area contributed by atoms with Crippen LogP contribution in [0.4, 0.5) is 4.39 Å². The standard InChI is InChI=1S/C26H26FN3O6S/c1-17-25(23(36-29-17)11-9-19-5-2-3-7-21(19)27)37(32,33)30-12-4-6-20(15-30)26(31)28-14-18-8-10-22-24(13-18)35-16-34-22/h2-3,5,7-11,13,20H,4,6,12,14-16H2,1H3,(H,28,31)/b11-9+. The maximum absolute atomic E-state index is 14.0. The fourth-order valence-electron chi connectivity index (χ4n) is 4.46. The summed E-state index contributed by atoms with van der Waals surface area (Å²) in [5.41, 5.74) is 1.34. The van der Waals surface area contributed by atoms with E-state index >= 15 is 0 Å². The minimum atomic E-state index is -4.01. The van der Waals surface area contributed by atoms with E-state index in [1.165, 1.54) is 29.4 Å². The Balaban J connectivity index is 1.28. The Hall–Kier alpha value is -3.70. The molecule has 0 radical (unpaired) electrons. The average molecular weight is 528 g/mol. The van der Waals surface area contributed by atoms with E-state index in [2.05, 4.69) is 10.5 Å². The fraction of sp³-hybridized carbons (Fsp3) is 0.308. The van der Waals surface area contributed by atoms with E-state index in [0.717, 1.165) is 5.56 Å². The molecule has 0 aliphatic carbocycles. The van der Waals surface area contributed by atoms with Crippen molar-refractivity contribution in [3.63, 3.8) is 0 Å². The SMILES string of the molecule is Cc1noc(/C=C/c2ccccc2F)c1S(=O)(=O)N1CCCC(C(=O)NCc2ccc3c(c2)OCO3)C1. The molecule has 1 N–H and O–H groups in total. The fourth-order valence-corrected chi connectivity index (χ4v) is 6.24. The number of aromatic nitrogens is 1. The summed E-state index contributed by atoms with van der Waals surface area (Å²) in [6, 6.07) is 11.6. The molecule has 1 unspecified atom stereocenters. The third-order valence-electron chi connectivity index (χ3n) is 6.41. The van der Waals surface area contributed by atoms with Gasteiger partial charge in [0.05, 0.1) is 5.92 Å². The maximum atomic E-state index is 14.0. The zero-order valence-electron chi connectivity index (χ0n) is 20.1. The summed E-state index contributed by atoms with van der Waals surface area (Å²) < 4.78 is 58.4. The van der Waals surface area contributed by atoms with E-state index in [1.807, 2.05) is 12.1 Å². The normalized spacial score (nSPS) is 17.8. The average Bonchev–Trinajstić information content (AvgIpc) is 3.53. The Morgan fingerprint density at radius 1 is 1.19 bits per heavy atom. The number of piperidine rings is 1. The lowest BCUT2D eigenvalue weighted by Gasteiger charge is -2.31. The van der Waals surface area contributed by atoms with Gasteiger partial charge < -0.3 is 19.3 Å². The minimum absolute atomic E-state index is 0.00939. The number of sulfonamides is 1. The molecule has 1 fully saturated rings. The van der Waals surface area contributed by atoms with Crippen molar-refractivity contribution >= 4 is 28.1 Å². The molecule has 0 bridgehead atoms. The van der Waals surface area contributed by atoms with Gasteiger partial charge in [-0.25, -0.2) is 12.8 Å². The number of rotatable bonds is 7. The summed E-state index contributed by atoms with van der Waals surface area (Å²) in [6.07, 6.45) is 3.94. The van der Waals surface area contributed by atoms with E-state index in [1.54, 1.807) is 24.3 Å². The Morgan fingerprint density at radius 2 is 2.00 bits per heavy atom. The molecule has 1 aromatic heterocycles. The monoisotopic (exact) mass is 527 g/mol. The van der Waals surface area contributed by atoms with Gasteiger partial charge in [0.25, 0.3) is 0 Å². The number of aryl methyl sites for hydroxylation is 1. The maximum Gasteiger partial charge on any atom is 0.248 e. The molecule has 0 saturated carbocycles. The van der Waals surface area contributed by atoms with Gasteiger partial charge in [0.2, 0.25) is 22.7 Å². The summed E-state index contributed by atoms with van der Waals surface area (Å²) in [5.74, 6) is 0.135. The van der Waals surface area contributed by atoms with Gasteiger partial charge in [-0.05, 0) is 55.7 Å². The number of amides is 1. The van der Waals surface area contributed by atoms with Crippen LogP contribution < -0.4 is 14.8 Å². The lowest BCUT2D eigenvalue weighted by molar-refractivity contribution is -0.126. The molecule has 0 spiro atoms. The van der Waals surface area contributed by atoms with Gasteiger partial charge in [-0.3, -0.25) is 4.79 Å². The van der Waals surface area contributed by atoms with Crippen molar-refractivity contribution in [2.24, 2.45) is 5.92 Å². The Labute approximate surface area is 213 Å². The zero-order valence-corrected chi connectivity index (χ0v) is 21.0. The lowest BCUT2D eigenvalue weighted by Crippen LogP contribution is -2.45. The third-order valence-corrected chi connectivity index (χ3v) is 8.43. The molecule has 9 nitrogen and oxygen atoms in total. The van der Waals surface area contributed by atoms with E-state index < -0.39 is 21.8 Å². The van der Waals surface area contributed by atoms with Crippen molar-refractivity contribution in [2.45, 2.75) is 31.2 Å². The van der Waals surface area contributed by atoms with Crippen molar-refractivity contribution in [3.05, 3.63) is 70.9 Å². The minimum Gasteiger partial charge on any atom is -0.454 e. The number of hydrogen-bond acceptors (Lipinski definition) is 7. The van der Waals surface area contributed by atoms with Crippen LogP contribution in [0.1, 0.15) is 35.4 Å². The molecule has 2 aliphatic heterocycles. The summed E-state index contributed by atoms with van der Waals surface area (Å²) in [6.45, 7) is 2.31. The first-order valence-electron chi connectivity index (χ1n) is 11.9. The van der Waals surface area contributed by atoms with Crippen LogP contribution in [-0.2, 0) is 21.4 Å². The molecular formula is C26H26FN3O6S. The highest BCUT2D eigenvalue weighted by atomic mass is 32.2. The summed E-state index contributed by atoms with van der Waals surface area (Å²) >= 11 is 0. The first-order chi connectivity index (χ1) is 17.8. The summed E-state index contributed by atoms with van der Waals surface area (Å²) in [5, 5.41) is 6.73. The smallest absolute Gasteiger partial charge is 0.248 e. The van der Waals surface area contributed by atoms with E-state index in [0.29, 0.717) is 24.3 Å². The number of halogens is 1. The van der Waals surface area contributed by atoms with Gasteiger partial charge in [0.15, 0.2) is 22.2 Å². The molecule has 3 aromatic rings. The van der Waals surface area contributed by atoms with E-state index in [9.17, 15) is 17.6 Å². The summed E-state index contributed by atoms with van der Waals surface area (Å²) in [7, 11) is -4.01. The molecule has 5 rings (SSSR count). The number of benzene rings is 2. The van der Waals surface area contributed by atoms with Crippen molar-refractivity contribution in [1.29, 1.82) is 0 Å². The molecule has 11 heteroatoms. The van der Waals surface area contributed by atoms with Crippen molar-refractivity contribution in [3.8, 4) is 11.5 Å². The van der Waals surface area contributed by atoms with Crippen molar-refractivity contribution in [2.75, 3.05) is 19.9 Å². The van der Waals surface area contributed by atoms with Crippen LogP contribution in [-0.4, -0.2) is 43.7 Å². The Bertz CT molecular complexity index is 1450. The van der Waals surface area contributed by atoms with Crippen LogP contribution in [0, 0.1) is 18.7 Å². The number of carbonyl (C=O) groups is 1. The number of nitrogens with one attached hydrogen (secondary N) is 1. The van der Waals surface area contributed by atoms with Crippen LogP contribution in [0.2, 0.25) is 0 Å². The van der Waals surface area contributed by atoms with Crippen LogP contribution in [0.3, 0.4) is 0 Å².